The Bertz CT molecular complexity index is 348. The Morgan fingerprint density at radius 2 is 2.33 bits per heavy atom. The van der Waals surface area contributed by atoms with Crippen LogP contribution >= 0.6 is 0 Å². The van der Waals surface area contributed by atoms with E-state index in [-0.39, 0.29) is 6.04 Å². The zero-order chi connectivity index (χ0) is 11.1. The first kappa shape index (κ1) is 10.5. The normalized spacial score (nSPS) is 29.0. The van der Waals surface area contributed by atoms with E-state index in [9.17, 15) is 4.39 Å². The number of halogens is 1. The van der Waals surface area contributed by atoms with Crippen molar-refractivity contribution in [3.05, 3.63) is 35.8 Å². The lowest BCUT2D eigenvalue weighted by atomic mass is 9.97. The minimum atomic E-state index is 0.129. The molecule has 0 aromatic carbocycles. The molecule has 0 heterocycles. The van der Waals surface area contributed by atoms with Gasteiger partial charge in [0.15, 0.2) is 0 Å². The van der Waals surface area contributed by atoms with Gasteiger partial charge < -0.3 is 5.32 Å². The third-order valence-corrected chi connectivity index (χ3v) is 3.55. The summed E-state index contributed by atoms with van der Waals surface area (Å²) in [4.78, 5) is 0. The average molecular weight is 207 g/mol. The van der Waals surface area contributed by atoms with Crippen molar-refractivity contribution in [3.8, 4) is 0 Å². The fourth-order valence-corrected chi connectivity index (χ4v) is 2.08. The largest absolute Gasteiger partial charge is 0.377 e. The van der Waals surface area contributed by atoms with Crippen molar-refractivity contribution >= 4 is 0 Å². The quantitative estimate of drug-likeness (QED) is 0.699. The zero-order valence-corrected chi connectivity index (χ0v) is 9.44. The van der Waals surface area contributed by atoms with Crippen LogP contribution in [0.3, 0.4) is 0 Å². The van der Waals surface area contributed by atoms with E-state index in [4.69, 9.17) is 0 Å². The SMILES string of the molecule is C=C1CC(C2(C)CC2)=CC1N/C(C)=C/F. The van der Waals surface area contributed by atoms with Crippen molar-refractivity contribution in [1.82, 2.24) is 5.32 Å². The van der Waals surface area contributed by atoms with Gasteiger partial charge in [0.05, 0.1) is 6.04 Å². The summed E-state index contributed by atoms with van der Waals surface area (Å²) in [6.07, 6.45) is 6.39. The van der Waals surface area contributed by atoms with Crippen molar-refractivity contribution in [2.24, 2.45) is 5.41 Å². The summed E-state index contributed by atoms with van der Waals surface area (Å²) in [5.41, 5.74) is 3.63. The summed E-state index contributed by atoms with van der Waals surface area (Å²) < 4.78 is 12.2. The van der Waals surface area contributed by atoms with E-state index < -0.39 is 0 Å². The molecule has 0 aromatic rings. The van der Waals surface area contributed by atoms with Crippen LogP contribution in [0.5, 0.6) is 0 Å². The van der Waals surface area contributed by atoms with Gasteiger partial charge in [-0.05, 0) is 37.2 Å². The standard InChI is InChI=1S/C13H18FN/c1-9-6-11(13(3)4-5-13)7-12(9)15-10(2)8-14/h7-8,12,15H,1,4-6H2,2-3H3/b10-8+. The minimum absolute atomic E-state index is 0.129. The van der Waals surface area contributed by atoms with Crippen molar-refractivity contribution in [3.63, 3.8) is 0 Å². The maximum absolute atomic E-state index is 12.2. The molecular weight excluding hydrogens is 189 g/mol. The summed E-state index contributed by atoms with van der Waals surface area (Å²) in [6, 6.07) is 0.129. The Hall–Kier alpha value is -1.05. The number of hydrogen-bond acceptors (Lipinski definition) is 1. The van der Waals surface area contributed by atoms with E-state index in [1.165, 1.54) is 18.4 Å². The summed E-state index contributed by atoms with van der Waals surface area (Å²) in [6.45, 7) is 8.08. The fraction of sp³-hybridized carbons (Fsp3) is 0.538. The lowest BCUT2D eigenvalue weighted by Gasteiger charge is -2.12. The van der Waals surface area contributed by atoms with Crippen LogP contribution in [-0.4, -0.2) is 6.04 Å². The van der Waals surface area contributed by atoms with E-state index in [1.54, 1.807) is 6.92 Å². The van der Waals surface area contributed by atoms with Crippen molar-refractivity contribution in [2.45, 2.75) is 39.2 Å². The molecule has 0 aromatic heterocycles. The Balaban J connectivity index is 2.07. The molecule has 2 heteroatoms. The summed E-state index contributed by atoms with van der Waals surface area (Å²) in [5.74, 6) is 0. The molecule has 0 spiro atoms. The highest BCUT2D eigenvalue weighted by molar-refractivity contribution is 5.38. The van der Waals surface area contributed by atoms with Gasteiger partial charge in [-0.3, -0.25) is 0 Å². The highest BCUT2D eigenvalue weighted by atomic mass is 19.1. The molecule has 0 radical (unpaired) electrons. The van der Waals surface area contributed by atoms with Gasteiger partial charge in [0.25, 0.3) is 0 Å². The van der Waals surface area contributed by atoms with Crippen LogP contribution in [-0.2, 0) is 0 Å². The van der Waals surface area contributed by atoms with E-state index in [0.717, 1.165) is 12.0 Å². The van der Waals surface area contributed by atoms with Gasteiger partial charge in [-0.15, -0.1) is 0 Å². The topological polar surface area (TPSA) is 12.0 Å². The van der Waals surface area contributed by atoms with E-state index in [1.807, 2.05) is 0 Å². The van der Waals surface area contributed by atoms with Crippen LogP contribution in [0.25, 0.3) is 0 Å². The molecule has 0 bridgehead atoms. The average Bonchev–Trinajstić information content (AvgIpc) is 2.84. The van der Waals surface area contributed by atoms with Crippen LogP contribution < -0.4 is 5.32 Å². The summed E-state index contributed by atoms with van der Waals surface area (Å²) >= 11 is 0. The summed E-state index contributed by atoms with van der Waals surface area (Å²) in [7, 11) is 0. The molecule has 1 N–H and O–H groups in total. The molecule has 0 amide bonds. The lowest BCUT2D eigenvalue weighted by Crippen LogP contribution is -2.24. The molecule has 1 nitrogen and oxygen atoms in total. The number of hydrogen-bond donors (Lipinski definition) is 1. The monoisotopic (exact) mass is 207 g/mol. The maximum Gasteiger partial charge on any atom is 0.105 e. The van der Waals surface area contributed by atoms with Gasteiger partial charge in [-0.2, -0.15) is 0 Å². The number of allylic oxidation sites excluding steroid dienone is 2. The molecule has 0 saturated heterocycles. The minimum Gasteiger partial charge on any atom is -0.377 e. The van der Waals surface area contributed by atoms with Crippen LogP contribution in [0.1, 0.15) is 33.1 Å². The van der Waals surface area contributed by atoms with E-state index in [0.29, 0.717) is 17.4 Å². The molecule has 2 aliphatic carbocycles. The first-order chi connectivity index (χ1) is 7.05. The second-order valence-corrected chi connectivity index (χ2v) is 5.00. The van der Waals surface area contributed by atoms with Gasteiger partial charge in [0, 0.05) is 5.70 Å². The Kier molecular flexibility index (Phi) is 2.45. The predicted octanol–water partition coefficient (Wildman–Crippen LogP) is 3.46. The Morgan fingerprint density at radius 1 is 1.67 bits per heavy atom. The zero-order valence-electron chi connectivity index (χ0n) is 9.44. The van der Waals surface area contributed by atoms with Crippen LogP contribution in [0.15, 0.2) is 35.8 Å². The van der Waals surface area contributed by atoms with Crippen molar-refractivity contribution < 1.29 is 4.39 Å². The second-order valence-electron chi connectivity index (χ2n) is 5.00. The lowest BCUT2D eigenvalue weighted by molar-refractivity contribution is 0.668. The molecule has 2 rings (SSSR count). The highest BCUT2D eigenvalue weighted by Gasteiger charge is 2.43. The van der Waals surface area contributed by atoms with Gasteiger partial charge in [0.1, 0.15) is 6.33 Å². The molecular formula is C13H18FN. The van der Waals surface area contributed by atoms with E-state index >= 15 is 0 Å². The van der Waals surface area contributed by atoms with Crippen molar-refractivity contribution in [2.75, 3.05) is 0 Å². The van der Waals surface area contributed by atoms with Gasteiger partial charge in [0.2, 0.25) is 0 Å². The molecule has 82 valence electrons. The molecule has 15 heavy (non-hydrogen) atoms. The van der Waals surface area contributed by atoms with Crippen LogP contribution in [0.2, 0.25) is 0 Å². The smallest absolute Gasteiger partial charge is 0.105 e. The van der Waals surface area contributed by atoms with E-state index in [2.05, 4.69) is 24.9 Å². The molecule has 1 atom stereocenters. The summed E-state index contributed by atoms with van der Waals surface area (Å²) in [5, 5.41) is 3.12. The Morgan fingerprint density at radius 3 is 2.87 bits per heavy atom. The fourth-order valence-electron chi connectivity index (χ4n) is 2.08. The third-order valence-electron chi connectivity index (χ3n) is 3.55. The predicted molar refractivity (Wildman–Crippen MR) is 61.0 cm³/mol. The highest BCUT2D eigenvalue weighted by Crippen LogP contribution is 2.54. The molecule has 1 saturated carbocycles. The van der Waals surface area contributed by atoms with Gasteiger partial charge >= 0.3 is 0 Å². The second kappa shape index (κ2) is 3.51. The molecule has 1 unspecified atom stereocenters. The first-order valence-corrected chi connectivity index (χ1v) is 5.47. The van der Waals surface area contributed by atoms with Gasteiger partial charge in [-0.1, -0.05) is 25.2 Å². The molecule has 1 fully saturated rings. The third kappa shape index (κ3) is 1.99. The first-order valence-electron chi connectivity index (χ1n) is 5.47. The van der Waals surface area contributed by atoms with Crippen molar-refractivity contribution in [1.29, 1.82) is 0 Å². The maximum atomic E-state index is 12.2. The number of rotatable bonds is 3. The van der Waals surface area contributed by atoms with Crippen LogP contribution in [0, 0.1) is 5.41 Å². The molecule has 2 aliphatic rings. The van der Waals surface area contributed by atoms with Gasteiger partial charge in [-0.25, -0.2) is 4.39 Å². The van der Waals surface area contributed by atoms with Crippen LogP contribution in [0.4, 0.5) is 4.39 Å². The number of nitrogens with one attached hydrogen (secondary N) is 1. The molecule has 0 aliphatic heterocycles. The Labute approximate surface area is 90.8 Å².